The van der Waals surface area contributed by atoms with Gasteiger partial charge in [-0.1, -0.05) is 72.8 Å². The van der Waals surface area contributed by atoms with Crippen LogP contribution in [0.15, 0.2) is 103 Å². The van der Waals surface area contributed by atoms with Crippen molar-refractivity contribution in [3.63, 3.8) is 0 Å². The van der Waals surface area contributed by atoms with E-state index < -0.39 is 23.2 Å². The molecule has 216 valence electrons. The van der Waals surface area contributed by atoms with Gasteiger partial charge in [-0.15, -0.1) is 0 Å². The minimum atomic E-state index is -4.43. The third-order valence-electron chi connectivity index (χ3n) is 8.21. The lowest BCUT2D eigenvalue weighted by Gasteiger charge is -2.42. The van der Waals surface area contributed by atoms with Crippen LogP contribution < -0.4 is 5.32 Å². The zero-order chi connectivity index (χ0) is 29.9. The molecule has 2 N–H and O–H groups in total. The van der Waals surface area contributed by atoms with Gasteiger partial charge < -0.3 is 10.4 Å². The molecule has 0 unspecified atom stereocenters. The normalized spacial score (nSPS) is 16.0. The van der Waals surface area contributed by atoms with E-state index in [0.717, 1.165) is 36.1 Å². The first-order valence-corrected chi connectivity index (χ1v) is 13.8. The Morgan fingerprint density at radius 2 is 1.38 bits per heavy atom. The predicted octanol–water partition coefficient (Wildman–Crippen LogP) is 7.80. The second kappa shape index (κ2) is 11.8. The van der Waals surface area contributed by atoms with Gasteiger partial charge in [-0.2, -0.15) is 13.2 Å². The van der Waals surface area contributed by atoms with Gasteiger partial charge in [0.05, 0.1) is 5.56 Å². The quantitative estimate of drug-likeness (QED) is 0.237. The van der Waals surface area contributed by atoms with Crippen LogP contribution in [0.5, 0.6) is 0 Å². The summed E-state index contributed by atoms with van der Waals surface area (Å²) < 4.78 is 39.0. The molecular weight excluding hydrogens is 541 g/mol. The van der Waals surface area contributed by atoms with Gasteiger partial charge >= 0.3 is 12.1 Å². The second-order valence-corrected chi connectivity index (χ2v) is 10.7. The summed E-state index contributed by atoms with van der Waals surface area (Å²) in [5, 5.41) is 13.0. The number of nitrogens with zero attached hydrogens (tertiary/aromatic N) is 1. The topological polar surface area (TPSA) is 69.6 Å². The van der Waals surface area contributed by atoms with Crippen molar-refractivity contribution in [1.82, 2.24) is 4.90 Å². The lowest BCUT2D eigenvalue weighted by atomic mass is 9.84. The van der Waals surface area contributed by atoms with Crippen LogP contribution >= 0.6 is 0 Å². The number of alkyl halides is 3. The summed E-state index contributed by atoms with van der Waals surface area (Å²) in [5.41, 5.74) is 2.05. The molecule has 0 saturated carbocycles. The highest BCUT2D eigenvalue weighted by Gasteiger charge is 2.42. The number of hydrogen-bond donors (Lipinski definition) is 2. The van der Waals surface area contributed by atoms with Crippen LogP contribution in [0.1, 0.15) is 52.7 Å². The Morgan fingerprint density at radius 1 is 0.786 bits per heavy atom. The Bertz CT molecular complexity index is 1550. The summed E-state index contributed by atoms with van der Waals surface area (Å²) in [5.74, 6) is -0.965. The van der Waals surface area contributed by atoms with Crippen molar-refractivity contribution in [3.05, 3.63) is 125 Å². The average Bonchev–Trinajstić information content (AvgIpc) is 3.01. The molecule has 1 fully saturated rings. The maximum Gasteiger partial charge on any atom is 0.416 e. The number of carboxylic acids is 1. The fraction of sp³-hybridized carbons (Fsp3) is 0.235. The highest BCUT2D eigenvalue weighted by atomic mass is 19.4. The maximum absolute atomic E-state index is 13.2. The fourth-order valence-electron chi connectivity index (χ4n) is 5.67. The van der Waals surface area contributed by atoms with Crippen molar-refractivity contribution in [2.75, 3.05) is 18.4 Å². The fourth-order valence-corrected chi connectivity index (χ4v) is 5.67. The van der Waals surface area contributed by atoms with E-state index in [1.54, 1.807) is 31.2 Å². The molecule has 0 spiro atoms. The number of amides is 1. The van der Waals surface area contributed by atoms with E-state index in [1.165, 1.54) is 12.1 Å². The first kappa shape index (κ1) is 29.1. The molecule has 1 saturated heterocycles. The Kier molecular flexibility index (Phi) is 8.18. The molecule has 1 aliphatic rings. The van der Waals surface area contributed by atoms with E-state index in [0.29, 0.717) is 35.5 Å². The molecule has 1 aliphatic heterocycles. The lowest BCUT2D eigenvalue weighted by molar-refractivity contribution is -0.152. The monoisotopic (exact) mass is 572 g/mol. The van der Waals surface area contributed by atoms with Gasteiger partial charge in [0.15, 0.2) is 0 Å². The van der Waals surface area contributed by atoms with Crippen molar-refractivity contribution >= 4 is 17.6 Å². The number of carboxylic acid groups (broad SMARTS) is 1. The molecule has 42 heavy (non-hydrogen) atoms. The van der Waals surface area contributed by atoms with Gasteiger partial charge in [-0.05, 0) is 78.3 Å². The number of carbonyl (C=O) groups excluding carboxylic acids is 1. The van der Waals surface area contributed by atoms with Gasteiger partial charge in [0.2, 0.25) is 0 Å². The Morgan fingerprint density at radius 3 is 1.98 bits per heavy atom. The highest BCUT2D eigenvalue weighted by Crippen LogP contribution is 2.37. The van der Waals surface area contributed by atoms with Crippen molar-refractivity contribution in [1.29, 1.82) is 0 Å². The van der Waals surface area contributed by atoms with Crippen LogP contribution in [0.25, 0.3) is 11.1 Å². The highest BCUT2D eigenvalue weighted by molar-refractivity contribution is 6.08. The van der Waals surface area contributed by atoms with Gasteiger partial charge in [-0.3, -0.25) is 9.69 Å². The van der Waals surface area contributed by atoms with Crippen molar-refractivity contribution in [2.45, 2.75) is 37.4 Å². The van der Waals surface area contributed by atoms with E-state index in [9.17, 15) is 27.9 Å². The van der Waals surface area contributed by atoms with Gasteiger partial charge in [0.1, 0.15) is 5.54 Å². The number of rotatable bonds is 7. The zero-order valence-electron chi connectivity index (χ0n) is 23.1. The molecule has 0 radical (unpaired) electrons. The zero-order valence-corrected chi connectivity index (χ0v) is 23.1. The van der Waals surface area contributed by atoms with Gasteiger partial charge in [0, 0.05) is 24.3 Å². The number of aliphatic carboxylic acids is 1. The van der Waals surface area contributed by atoms with Crippen LogP contribution in [-0.4, -0.2) is 35.0 Å². The van der Waals surface area contributed by atoms with Crippen LogP contribution in [0.3, 0.4) is 0 Å². The summed E-state index contributed by atoms with van der Waals surface area (Å²) in [6, 6.07) is 28.5. The van der Waals surface area contributed by atoms with Crippen LogP contribution in [0, 0.1) is 0 Å². The van der Waals surface area contributed by atoms with Gasteiger partial charge in [0.25, 0.3) is 5.91 Å². The van der Waals surface area contributed by atoms with E-state index in [2.05, 4.69) is 5.32 Å². The minimum absolute atomic E-state index is 0.264. The first-order valence-electron chi connectivity index (χ1n) is 13.8. The van der Waals surface area contributed by atoms with E-state index in [-0.39, 0.29) is 11.8 Å². The van der Waals surface area contributed by atoms with E-state index in [4.69, 9.17) is 0 Å². The Balaban J connectivity index is 1.24. The number of likely N-dealkylation sites (tertiary alicyclic amines) is 1. The molecule has 0 aromatic heterocycles. The number of nitrogens with one attached hydrogen (secondary N) is 1. The van der Waals surface area contributed by atoms with Gasteiger partial charge in [-0.25, -0.2) is 4.79 Å². The summed E-state index contributed by atoms with van der Waals surface area (Å²) in [6.45, 7) is 3.04. The van der Waals surface area contributed by atoms with Crippen molar-refractivity contribution in [3.8, 4) is 11.1 Å². The Labute approximate surface area is 242 Å². The number of hydrogen-bond acceptors (Lipinski definition) is 3. The molecule has 4 aromatic carbocycles. The predicted molar refractivity (Wildman–Crippen MR) is 156 cm³/mol. The molecule has 0 bridgehead atoms. The molecule has 1 atom stereocenters. The minimum Gasteiger partial charge on any atom is -0.480 e. The molecule has 0 aliphatic carbocycles. The molecule has 1 amide bonds. The number of anilines is 1. The molecule has 5 rings (SSSR count). The second-order valence-electron chi connectivity index (χ2n) is 10.7. The third-order valence-corrected chi connectivity index (χ3v) is 8.21. The van der Waals surface area contributed by atoms with E-state index in [1.807, 2.05) is 59.5 Å². The van der Waals surface area contributed by atoms with Crippen LogP contribution in [0.2, 0.25) is 0 Å². The Hall–Kier alpha value is -4.43. The molecule has 8 heteroatoms. The summed E-state index contributed by atoms with van der Waals surface area (Å²) in [4.78, 5) is 27.5. The summed E-state index contributed by atoms with van der Waals surface area (Å²) in [6.07, 6.45) is -2.82. The third kappa shape index (κ3) is 5.94. The van der Waals surface area contributed by atoms with E-state index >= 15 is 0 Å². The number of halogens is 3. The molecule has 4 aromatic rings. The smallest absolute Gasteiger partial charge is 0.416 e. The SMILES string of the molecule is C[C@](C(=O)O)(c1ccccc1)N1CCC(c2ccc(NC(=O)c3ccccc3-c3ccc(C(F)(F)F)cc3)cc2)CC1. The first-order chi connectivity index (χ1) is 20.1. The van der Waals surface area contributed by atoms with Crippen molar-refractivity contribution in [2.24, 2.45) is 0 Å². The molecular formula is C34H31F3N2O3. The number of benzene rings is 4. The average molecular weight is 573 g/mol. The lowest BCUT2D eigenvalue weighted by Crippen LogP contribution is -2.52. The van der Waals surface area contributed by atoms with Crippen LogP contribution in [-0.2, 0) is 16.5 Å². The number of piperidine rings is 1. The van der Waals surface area contributed by atoms with Crippen molar-refractivity contribution < 1.29 is 27.9 Å². The maximum atomic E-state index is 13.2. The molecule has 1 heterocycles. The summed E-state index contributed by atoms with van der Waals surface area (Å²) in [7, 11) is 0. The molecule has 5 nitrogen and oxygen atoms in total. The summed E-state index contributed by atoms with van der Waals surface area (Å²) >= 11 is 0. The largest absolute Gasteiger partial charge is 0.480 e. The van der Waals surface area contributed by atoms with Crippen LogP contribution in [0.4, 0.5) is 18.9 Å². The standard InChI is InChI=1S/C34H31F3N2O3/c1-33(32(41)42,26-7-3-2-4-8-26)39-21-19-24(20-22-39)23-13-17-28(18-14-23)38-31(40)30-10-6-5-9-29(30)25-11-15-27(16-12-25)34(35,36)37/h2-18,24H,19-22H2,1H3,(H,38,40)(H,41,42)/t33-/m1/s1. The number of carbonyl (C=O) groups is 2.